The first kappa shape index (κ1) is 26.6. The SMILES string of the molecule is c1ccc(-c2nc(-c3cccc(-n4c5ccccc5c5ccc6ccccc6c54)c3)nc(-c3ccc4c(c3)oc3ccccc34)n2)cc1. The van der Waals surface area contributed by atoms with E-state index in [1.165, 1.54) is 27.1 Å². The fraction of sp³-hybridized carbons (Fsp3) is 0. The molecule has 0 atom stereocenters. The van der Waals surface area contributed by atoms with Gasteiger partial charge in [-0.25, -0.2) is 15.0 Å². The van der Waals surface area contributed by atoms with E-state index < -0.39 is 0 Å². The van der Waals surface area contributed by atoms with Crippen molar-refractivity contribution in [2.75, 3.05) is 0 Å². The number of fused-ring (bicyclic) bond motifs is 8. The van der Waals surface area contributed by atoms with Crippen LogP contribution in [0.4, 0.5) is 0 Å². The number of benzene rings is 7. The molecule has 0 fully saturated rings. The molecule has 224 valence electrons. The summed E-state index contributed by atoms with van der Waals surface area (Å²) >= 11 is 0. The van der Waals surface area contributed by atoms with Crippen LogP contribution in [0.25, 0.3) is 94.4 Å². The largest absolute Gasteiger partial charge is 0.456 e. The van der Waals surface area contributed by atoms with Gasteiger partial charge in [-0.2, -0.15) is 0 Å². The van der Waals surface area contributed by atoms with Gasteiger partial charge in [0, 0.05) is 49.3 Å². The van der Waals surface area contributed by atoms with Gasteiger partial charge in [0.25, 0.3) is 0 Å². The molecule has 5 heteroatoms. The van der Waals surface area contributed by atoms with Gasteiger partial charge in [0.1, 0.15) is 11.2 Å². The van der Waals surface area contributed by atoms with E-state index in [9.17, 15) is 0 Å². The van der Waals surface area contributed by atoms with Crippen molar-refractivity contribution >= 4 is 54.5 Å². The number of para-hydroxylation sites is 2. The van der Waals surface area contributed by atoms with Crippen molar-refractivity contribution < 1.29 is 4.42 Å². The topological polar surface area (TPSA) is 56.7 Å². The highest BCUT2D eigenvalue weighted by molar-refractivity contribution is 6.18. The Balaban J connectivity index is 1.19. The van der Waals surface area contributed by atoms with Crippen molar-refractivity contribution in [1.82, 2.24) is 19.5 Å². The maximum Gasteiger partial charge on any atom is 0.164 e. The Morgan fingerprint density at radius 2 is 1.02 bits per heavy atom. The lowest BCUT2D eigenvalue weighted by molar-refractivity contribution is 0.669. The molecule has 5 nitrogen and oxygen atoms in total. The average Bonchev–Trinajstić information content (AvgIpc) is 3.71. The minimum atomic E-state index is 0.592. The van der Waals surface area contributed by atoms with Crippen LogP contribution in [0.5, 0.6) is 0 Å². The van der Waals surface area contributed by atoms with Gasteiger partial charge in [-0.3, -0.25) is 0 Å². The Hall–Kier alpha value is -6.59. The maximum absolute atomic E-state index is 6.23. The van der Waals surface area contributed by atoms with Gasteiger partial charge in [0.15, 0.2) is 17.5 Å². The molecule has 0 spiro atoms. The third kappa shape index (κ3) is 4.15. The second-order valence-corrected chi connectivity index (χ2v) is 12.1. The molecule has 0 aliphatic heterocycles. The Morgan fingerprint density at radius 1 is 0.396 bits per heavy atom. The second-order valence-electron chi connectivity index (χ2n) is 12.1. The van der Waals surface area contributed by atoms with Crippen LogP contribution in [0.2, 0.25) is 0 Å². The van der Waals surface area contributed by atoms with Crippen molar-refractivity contribution in [2.24, 2.45) is 0 Å². The summed E-state index contributed by atoms with van der Waals surface area (Å²) in [7, 11) is 0. The van der Waals surface area contributed by atoms with E-state index >= 15 is 0 Å². The van der Waals surface area contributed by atoms with Gasteiger partial charge in [-0.1, -0.05) is 121 Å². The Bertz CT molecular complexity index is 2850. The van der Waals surface area contributed by atoms with E-state index in [-0.39, 0.29) is 0 Å². The van der Waals surface area contributed by atoms with Crippen LogP contribution in [0.15, 0.2) is 162 Å². The van der Waals surface area contributed by atoms with E-state index in [1.54, 1.807) is 0 Å². The fourth-order valence-corrected chi connectivity index (χ4v) is 7.00. The Labute approximate surface area is 275 Å². The Morgan fingerprint density at radius 3 is 1.88 bits per heavy atom. The summed E-state index contributed by atoms with van der Waals surface area (Å²) < 4.78 is 8.60. The molecular formula is C43H26N4O. The van der Waals surface area contributed by atoms with E-state index in [0.717, 1.165) is 49.8 Å². The van der Waals surface area contributed by atoms with Crippen LogP contribution >= 0.6 is 0 Å². The summed E-state index contributed by atoms with van der Waals surface area (Å²) in [4.78, 5) is 15.1. The summed E-state index contributed by atoms with van der Waals surface area (Å²) in [5.74, 6) is 1.82. The lowest BCUT2D eigenvalue weighted by Gasteiger charge is -2.12. The van der Waals surface area contributed by atoms with Crippen molar-refractivity contribution in [2.45, 2.75) is 0 Å². The van der Waals surface area contributed by atoms with E-state index in [0.29, 0.717) is 17.5 Å². The number of hydrogen-bond donors (Lipinski definition) is 0. The van der Waals surface area contributed by atoms with Crippen LogP contribution in [-0.4, -0.2) is 19.5 Å². The van der Waals surface area contributed by atoms with Gasteiger partial charge >= 0.3 is 0 Å². The quantitative estimate of drug-likeness (QED) is 0.198. The van der Waals surface area contributed by atoms with E-state index in [2.05, 4.69) is 108 Å². The zero-order valence-electron chi connectivity index (χ0n) is 25.7. The van der Waals surface area contributed by atoms with Gasteiger partial charge in [-0.15, -0.1) is 0 Å². The standard InChI is InChI=1S/C43H26N4O/c1-2-12-28(13-3-1)41-44-42(46-43(45-41)30-22-23-35-34-18-7-9-20-38(34)48-39(35)26-30)29-14-10-15-31(25-29)47-37-19-8-6-17-33(37)36-24-21-27-11-4-5-16-32(27)40(36)47/h1-26H. The molecule has 3 aromatic heterocycles. The first-order valence-electron chi connectivity index (χ1n) is 16.0. The zero-order valence-corrected chi connectivity index (χ0v) is 25.7. The molecule has 48 heavy (non-hydrogen) atoms. The highest BCUT2D eigenvalue weighted by atomic mass is 16.3. The number of hydrogen-bond acceptors (Lipinski definition) is 4. The van der Waals surface area contributed by atoms with Crippen molar-refractivity contribution in [3.63, 3.8) is 0 Å². The molecule has 0 N–H and O–H groups in total. The molecule has 0 saturated carbocycles. The van der Waals surface area contributed by atoms with Gasteiger partial charge in [0.05, 0.1) is 11.0 Å². The van der Waals surface area contributed by atoms with Crippen LogP contribution in [-0.2, 0) is 0 Å². The second kappa shape index (κ2) is 10.5. The third-order valence-corrected chi connectivity index (χ3v) is 9.23. The fourth-order valence-electron chi connectivity index (χ4n) is 7.00. The molecule has 0 aliphatic rings. The van der Waals surface area contributed by atoms with Gasteiger partial charge in [0.2, 0.25) is 0 Å². The lowest BCUT2D eigenvalue weighted by Crippen LogP contribution is -2.01. The molecule has 10 rings (SSSR count). The minimum Gasteiger partial charge on any atom is -0.456 e. The monoisotopic (exact) mass is 614 g/mol. The Kier molecular flexibility index (Phi) is 5.81. The molecule has 0 radical (unpaired) electrons. The molecule has 0 aliphatic carbocycles. The molecular weight excluding hydrogens is 589 g/mol. The lowest BCUT2D eigenvalue weighted by atomic mass is 10.1. The average molecular weight is 615 g/mol. The van der Waals surface area contributed by atoms with Gasteiger partial charge in [-0.05, 0) is 41.8 Å². The summed E-state index contributed by atoms with van der Waals surface area (Å²) in [6, 6.07) is 54.5. The molecule has 7 aromatic carbocycles. The number of furan rings is 1. The first-order valence-corrected chi connectivity index (χ1v) is 16.0. The van der Waals surface area contributed by atoms with Crippen LogP contribution < -0.4 is 0 Å². The highest BCUT2D eigenvalue weighted by Crippen LogP contribution is 2.38. The van der Waals surface area contributed by atoms with E-state index in [4.69, 9.17) is 19.4 Å². The molecule has 0 amide bonds. The summed E-state index contributed by atoms with van der Waals surface area (Å²) in [5, 5.41) is 7.03. The number of rotatable bonds is 4. The summed E-state index contributed by atoms with van der Waals surface area (Å²) in [6.07, 6.45) is 0. The van der Waals surface area contributed by atoms with Crippen molar-refractivity contribution in [3.05, 3.63) is 158 Å². The summed E-state index contributed by atoms with van der Waals surface area (Å²) in [6.45, 7) is 0. The normalized spacial score (nSPS) is 11.8. The van der Waals surface area contributed by atoms with Crippen LogP contribution in [0.1, 0.15) is 0 Å². The smallest absolute Gasteiger partial charge is 0.164 e. The predicted molar refractivity (Wildman–Crippen MR) is 195 cm³/mol. The summed E-state index contributed by atoms with van der Waals surface area (Å²) in [5.41, 5.74) is 7.75. The first-order chi connectivity index (χ1) is 23.8. The molecule has 0 unspecified atom stereocenters. The van der Waals surface area contributed by atoms with Gasteiger partial charge < -0.3 is 8.98 Å². The molecule has 10 aromatic rings. The predicted octanol–water partition coefficient (Wildman–Crippen LogP) is 11.0. The number of aromatic nitrogens is 4. The van der Waals surface area contributed by atoms with Crippen LogP contribution in [0, 0.1) is 0 Å². The third-order valence-electron chi connectivity index (χ3n) is 9.23. The van der Waals surface area contributed by atoms with Crippen molar-refractivity contribution in [1.29, 1.82) is 0 Å². The van der Waals surface area contributed by atoms with Crippen LogP contribution in [0.3, 0.4) is 0 Å². The highest BCUT2D eigenvalue weighted by Gasteiger charge is 2.18. The van der Waals surface area contributed by atoms with Crippen molar-refractivity contribution in [3.8, 4) is 39.9 Å². The molecule has 0 bridgehead atoms. The molecule has 0 saturated heterocycles. The zero-order chi connectivity index (χ0) is 31.6. The maximum atomic E-state index is 6.23. The minimum absolute atomic E-state index is 0.592. The van der Waals surface area contributed by atoms with E-state index in [1.807, 2.05) is 54.6 Å². The number of nitrogens with zero attached hydrogens (tertiary/aromatic N) is 4. The molecule has 3 heterocycles.